The van der Waals surface area contributed by atoms with Crippen molar-refractivity contribution in [1.29, 1.82) is 5.26 Å². The Morgan fingerprint density at radius 3 is 2.14 bits per heavy atom. The molecule has 3 rings (SSSR count). The minimum Gasteiger partial charge on any atom is -0.265 e. The van der Waals surface area contributed by atoms with Crippen LogP contribution in [0.2, 0.25) is 0 Å². The zero-order valence-corrected chi connectivity index (χ0v) is 11.3. The molecule has 0 saturated carbocycles. The van der Waals surface area contributed by atoms with Gasteiger partial charge in [0.1, 0.15) is 0 Å². The van der Waals surface area contributed by atoms with Crippen LogP contribution in [0, 0.1) is 11.3 Å². The lowest BCUT2D eigenvalue weighted by atomic mass is 9.99. The van der Waals surface area contributed by atoms with E-state index in [2.05, 4.69) is 21.0 Å². The van der Waals surface area contributed by atoms with Crippen LogP contribution in [0.1, 0.15) is 5.56 Å². The number of pyridine rings is 3. The number of nitrogens with zero attached hydrogens (tertiary/aromatic N) is 4. The van der Waals surface area contributed by atoms with Crippen molar-refractivity contribution < 1.29 is 0 Å². The highest BCUT2D eigenvalue weighted by atomic mass is 14.7. The van der Waals surface area contributed by atoms with E-state index in [1.807, 2.05) is 36.5 Å². The number of hydrogen-bond donors (Lipinski definition) is 0. The summed E-state index contributed by atoms with van der Waals surface area (Å²) < 4.78 is 0. The van der Waals surface area contributed by atoms with Gasteiger partial charge in [-0.1, -0.05) is 0 Å². The van der Waals surface area contributed by atoms with E-state index in [4.69, 9.17) is 5.26 Å². The summed E-state index contributed by atoms with van der Waals surface area (Å²) in [6, 6.07) is 11.8. The summed E-state index contributed by atoms with van der Waals surface area (Å²) in [5.74, 6) is 0. The van der Waals surface area contributed by atoms with Crippen molar-refractivity contribution in [3.05, 3.63) is 66.9 Å². The lowest BCUT2D eigenvalue weighted by molar-refractivity contribution is 1.21. The fourth-order valence-electron chi connectivity index (χ4n) is 2.20. The Kier molecular flexibility index (Phi) is 3.66. The third-order valence-electron chi connectivity index (χ3n) is 3.23. The molecule has 0 aliphatic carbocycles. The maximum absolute atomic E-state index is 9.06. The summed E-state index contributed by atoms with van der Waals surface area (Å²) in [5.41, 5.74) is 4.79. The molecule has 4 nitrogen and oxygen atoms in total. The Morgan fingerprint density at radius 2 is 1.52 bits per heavy atom. The van der Waals surface area contributed by atoms with Gasteiger partial charge in [-0.2, -0.15) is 5.26 Å². The first-order valence-corrected chi connectivity index (χ1v) is 6.55. The van der Waals surface area contributed by atoms with Crippen molar-refractivity contribution in [2.24, 2.45) is 0 Å². The van der Waals surface area contributed by atoms with Crippen LogP contribution in [0.15, 0.2) is 61.3 Å². The fourth-order valence-corrected chi connectivity index (χ4v) is 2.20. The number of nitriles is 1. The van der Waals surface area contributed by atoms with Gasteiger partial charge in [0.2, 0.25) is 0 Å². The Labute approximate surface area is 122 Å². The minimum atomic E-state index is 0.345. The summed E-state index contributed by atoms with van der Waals surface area (Å²) in [4.78, 5) is 12.5. The second-order valence-electron chi connectivity index (χ2n) is 4.53. The highest BCUT2D eigenvalue weighted by Crippen LogP contribution is 2.26. The van der Waals surface area contributed by atoms with Gasteiger partial charge < -0.3 is 0 Å². The molecule has 0 radical (unpaired) electrons. The van der Waals surface area contributed by atoms with Gasteiger partial charge in [0.05, 0.1) is 18.2 Å². The third-order valence-corrected chi connectivity index (χ3v) is 3.23. The molecule has 21 heavy (non-hydrogen) atoms. The van der Waals surface area contributed by atoms with E-state index in [1.165, 1.54) is 0 Å². The van der Waals surface area contributed by atoms with Gasteiger partial charge in [-0.15, -0.1) is 0 Å². The number of hydrogen-bond acceptors (Lipinski definition) is 4. The molecule has 0 N–H and O–H groups in total. The SMILES string of the molecule is N#CCc1cc(-c2ccncc2)ncc1-c1ccncc1. The molecule has 4 heteroatoms. The van der Waals surface area contributed by atoms with E-state index in [-0.39, 0.29) is 0 Å². The van der Waals surface area contributed by atoms with Gasteiger partial charge in [0, 0.05) is 42.1 Å². The van der Waals surface area contributed by atoms with Crippen LogP contribution in [0.4, 0.5) is 0 Å². The standard InChI is InChI=1S/C17H12N4/c18-6-1-15-11-17(14-4-9-20-10-5-14)21-12-16(15)13-2-7-19-8-3-13/h2-5,7-12H,1H2. The molecule has 100 valence electrons. The molecule has 3 aromatic rings. The van der Waals surface area contributed by atoms with Crippen molar-refractivity contribution >= 4 is 0 Å². The predicted octanol–water partition coefficient (Wildman–Crippen LogP) is 3.27. The van der Waals surface area contributed by atoms with E-state index < -0.39 is 0 Å². The maximum Gasteiger partial charge on any atom is 0.0706 e. The van der Waals surface area contributed by atoms with Crippen LogP contribution in [0.25, 0.3) is 22.4 Å². The molecule has 0 aromatic carbocycles. The average Bonchev–Trinajstić information content (AvgIpc) is 2.57. The first-order chi connectivity index (χ1) is 10.4. The lowest BCUT2D eigenvalue weighted by Crippen LogP contribution is -1.93. The highest BCUT2D eigenvalue weighted by Gasteiger charge is 2.08. The Balaban J connectivity index is 2.10. The second-order valence-corrected chi connectivity index (χ2v) is 4.53. The molecule has 0 atom stereocenters. The first-order valence-electron chi connectivity index (χ1n) is 6.55. The molecule has 0 unspecified atom stereocenters. The summed E-state index contributed by atoms with van der Waals surface area (Å²) in [6.07, 6.45) is 9.11. The van der Waals surface area contributed by atoms with Gasteiger partial charge in [-0.05, 0) is 41.5 Å². The molecule has 0 fully saturated rings. The maximum atomic E-state index is 9.06. The Bertz CT molecular complexity index is 777. The van der Waals surface area contributed by atoms with E-state index in [1.54, 1.807) is 24.8 Å². The van der Waals surface area contributed by atoms with Crippen LogP contribution in [0.5, 0.6) is 0 Å². The van der Waals surface area contributed by atoms with Gasteiger partial charge in [0.15, 0.2) is 0 Å². The molecule has 0 spiro atoms. The highest BCUT2D eigenvalue weighted by molar-refractivity contribution is 5.70. The van der Waals surface area contributed by atoms with Crippen LogP contribution in [-0.2, 0) is 6.42 Å². The fraction of sp³-hybridized carbons (Fsp3) is 0.0588. The summed E-state index contributed by atoms with van der Waals surface area (Å²) in [6.45, 7) is 0. The van der Waals surface area contributed by atoms with E-state index in [0.717, 1.165) is 27.9 Å². The van der Waals surface area contributed by atoms with Gasteiger partial charge in [0.25, 0.3) is 0 Å². The first kappa shape index (κ1) is 12.9. The monoisotopic (exact) mass is 272 g/mol. The zero-order valence-electron chi connectivity index (χ0n) is 11.3. The molecule has 0 saturated heterocycles. The minimum absolute atomic E-state index is 0.345. The van der Waals surface area contributed by atoms with E-state index in [0.29, 0.717) is 6.42 Å². The topological polar surface area (TPSA) is 62.5 Å². The largest absolute Gasteiger partial charge is 0.265 e. The van der Waals surface area contributed by atoms with Gasteiger partial charge >= 0.3 is 0 Å². The van der Waals surface area contributed by atoms with E-state index >= 15 is 0 Å². The lowest BCUT2D eigenvalue weighted by Gasteiger charge is -2.09. The molecule has 3 aromatic heterocycles. The smallest absolute Gasteiger partial charge is 0.0706 e. The van der Waals surface area contributed by atoms with Crippen molar-refractivity contribution in [1.82, 2.24) is 15.0 Å². The van der Waals surface area contributed by atoms with Crippen molar-refractivity contribution in [3.63, 3.8) is 0 Å². The number of aromatic nitrogens is 3. The molecule has 0 aliphatic heterocycles. The summed E-state index contributed by atoms with van der Waals surface area (Å²) in [7, 11) is 0. The van der Waals surface area contributed by atoms with Crippen LogP contribution in [-0.4, -0.2) is 15.0 Å². The normalized spacial score (nSPS) is 10.0. The van der Waals surface area contributed by atoms with E-state index in [9.17, 15) is 0 Å². The summed E-state index contributed by atoms with van der Waals surface area (Å²) >= 11 is 0. The third kappa shape index (κ3) is 2.77. The van der Waals surface area contributed by atoms with Crippen LogP contribution < -0.4 is 0 Å². The van der Waals surface area contributed by atoms with Crippen molar-refractivity contribution in [2.75, 3.05) is 0 Å². The Hall–Kier alpha value is -3.06. The summed E-state index contributed by atoms with van der Waals surface area (Å²) in [5, 5.41) is 9.06. The molecular formula is C17H12N4. The molecule has 0 bridgehead atoms. The molecular weight excluding hydrogens is 260 g/mol. The van der Waals surface area contributed by atoms with Gasteiger partial charge in [-0.25, -0.2) is 0 Å². The van der Waals surface area contributed by atoms with Crippen LogP contribution >= 0.6 is 0 Å². The average molecular weight is 272 g/mol. The predicted molar refractivity (Wildman–Crippen MR) is 80.0 cm³/mol. The molecule has 3 heterocycles. The quantitative estimate of drug-likeness (QED) is 0.734. The second kappa shape index (κ2) is 5.93. The molecule has 0 aliphatic rings. The van der Waals surface area contributed by atoms with Gasteiger partial charge in [-0.3, -0.25) is 15.0 Å². The number of rotatable bonds is 3. The van der Waals surface area contributed by atoms with Crippen LogP contribution in [0.3, 0.4) is 0 Å². The van der Waals surface area contributed by atoms with Crippen molar-refractivity contribution in [3.8, 4) is 28.5 Å². The van der Waals surface area contributed by atoms with Crippen molar-refractivity contribution in [2.45, 2.75) is 6.42 Å². The molecule has 0 amide bonds. The zero-order chi connectivity index (χ0) is 14.5. The Morgan fingerprint density at radius 1 is 0.905 bits per heavy atom.